The Labute approximate surface area is 169 Å². The minimum absolute atomic E-state index is 0.181. The highest BCUT2D eigenvalue weighted by Crippen LogP contribution is 2.50. The molecule has 1 aromatic rings. The van der Waals surface area contributed by atoms with Crippen LogP contribution in [0.15, 0.2) is 30.3 Å². The van der Waals surface area contributed by atoms with Gasteiger partial charge < -0.3 is 14.2 Å². The fourth-order valence-corrected chi connectivity index (χ4v) is 4.77. The van der Waals surface area contributed by atoms with Crippen LogP contribution in [0.3, 0.4) is 0 Å². The van der Waals surface area contributed by atoms with E-state index >= 15 is 0 Å². The van der Waals surface area contributed by atoms with E-state index in [1.54, 1.807) is 0 Å². The SMILES string of the molecule is CCC1(CC)CC2(CC(C)(C)N1[O])OCC(C)(COCc1ccccc1)CO2. The Morgan fingerprint density at radius 1 is 1.00 bits per heavy atom. The monoisotopic (exact) mass is 390 g/mol. The number of hydrogen-bond donors (Lipinski definition) is 0. The molecule has 3 rings (SSSR count). The van der Waals surface area contributed by atoms with Gasteiger partial charge in [-0.1, -0.05) is 51.1 Å². The summed E-state index contributed by atoms with van der Waals surface area (Å²) in [6, 6.07) is 10.2. The second-order valence-electron chi connectivity index (χ2n) is 9.67. The molecule has 0 aromatic heterocycles. The van der Waals surface area contributed by atoms with E-state index in [0.717, 1.165) is 12.8 Å². The van der Waals surface area contributed by atoms with Gasteiger partial charge in [0.15, 0.2) is 5.79 Å². The maximum absolute atomic E-state index is 13.0. The molecule has 5 nitrogen and oxygen atoms in total. The molecule has 157 valence electrons. The van der Waals surface area contributed by atoms with Crippen molar-refractivity contribution < 1.29 is 19.4 Å². The van der Waals surface area contributed by atoms with Crippen molar-refractivity contribution in [3.63, 3.8) is 0 Å². The summed E-state index contributed by atoms with van der Waals surface area (Å²) in [6.07, 6.45) is 2.80. The number of hydroxylamine groups is 2. The maximum Gasteiger partial charge on any atom is 0.172 e. The highest BCUT2D eigenvalue weighted by Gasteiger charge is 2.59. The summed E-state index contributed by atoms with van der Waals surface area (Å²) in [5.41, 5.74) is 0.0431. The third-order valence-electron chi connectivity index (χ3n) is 6.53. The number of ether oxygens (including phenoxy) is 3. The van der Waals surface area contributed by atoms with Gasteiger partial charge in [-0.3, -0.25) is 0 Å². The zero-order valence-electron chi connectivity index (χ0n) is 18.1. The molecule has 2 aliphatic rings. The molecule has 0 N–H and O–H groups in total. The molecule has 28 heavy (non-hydrogen) atoms. The first-order valence-electron chi connectivity index (χ1n) is 10.6. The Balaban J connectivity index is 1.62. The first-order chi connectivity index (χ1) is 13.2. The highest BCUT2D eigenvalue weighted by atomic mass is 16.7. The van der Waals surface area contributed by atoms with E-state index in [1.807, 2.05) is 32.0 Å². The van der Waals surface area contributed by atoms with Gasteiger partial charge in [-0.05, 0) is 32.3 Å². The number of rotatable bonds is 6. The van der Waals surface area contributed by atoms with Crippen LogP contribution in [0, 0.1) is 5.41 Å². The van der Waals surface area contributed by atoms with Gasteiger partial charge in [0.25, 0.3) is 0 Å². The Hall–Kier alpha value is -0.980. The Morgan fingerprint density at radius 3 is 2.18 bits per heavy atom. The fraction of sp³-hybridized carbons (Fsp3) is 0.739. The molecule has 0 saturated carbocycles. The molecular formula is C23H36NO4. The zero-order chi connectivity index (χ0) is 20.5. The van der Waals surface area contributed by atoms with E-state index in [0.29, 0.717) is 39.3 Å². The smallest absolute Gasteiger partial charge is 0.172 e. The standard InChI is InChI=1S/C23H36NO4/c1-6-22(7-2)15-23(14-20(3,4)24(22)25)27-17-21(5,18-28-23)16-26-13-19-11-9-8-10-12-19/h8-12H,6-7,13-18H2,1-5H3. The van der Waals surface area contributed by atoms with Crippen LogP contribution in [0.25, 0.3) is 0 Å². The number of piperidine rings is 1. The zero-order valence-corrected chi connectivity index (χ0v) is 18.1. The molecule has 1 spiro atoms. The van der Waals surface area contributed by atoms with E-state index in [4.69, 9.17) is 14.2 Å². The van der Waals surface area contributed by atoms with Crippen LogP contribution < -0.4 is 0 Å². The lowest BCUT2D eigenvalue weighted by Gasteiger charge is -2.58. The Morgan fingerprint density at radius 2 is 1.61 bits per heavy atom. The lowest BCUT2D eigenvalue weighted by atomic mass is 9.73. The van der Waals surface area contributed by atoms with Gasteiger partial charge in [0.1, 0.15) is 0 Å². The van der Waals surface area contributed by atoms with Gasteiger partial charge in [-0.25, -0.2) is 0 Å². The van der Waals surface area contributed by atoms with E-state index in [2.05, 4.69) is 32.9 Å². The second-order valence-corrected chi connectivity index (χ2v) is 9.67. The van der Waals surface area contributed by atoms with E-state index in [9.17, 15) is 5.21 Å². The van der Waals surface area contributed by atoms with E-state index in [1.165, 1.54) is 10.6 Å². The molecule has 2 saturated heterocycles. The van der Waals surface area contributed by atoms with Crippen LogP contribution in [0.5, 0.6) is 0 Å². The van der Waals surface area contributed by atoms with Crippen molar-refractivity contribution in [3.8, 4) is 0 Å². The summed E-state index contributed by atoms with van der Waals surface area (Å²) < 4.78 is 18.8. The molecular weight excluding hydrogens is 354 g/mol. The van der Waals surface area contributed by atoms with Crippen molar-refractivity contribution in [1.29, 1.82) is 0 Å². The lowest BCUT2D eigenvalue weighted by molar-refractivity contribution is -0.392. The van der Waals surface area contributed by atoms with Crippen LogP contribution >= 0.6 is 0 Å². The summed E-state index contributed by atoms with van der Waals surface area (Å²) in [5, 5.41) is 14.4. The van der Waals surface area contributed by atoms with Crippen molar-refractivity contribution >= 4 is 0 Å². The van der Waals surface area contributed by atoms with Gasteiger partial charge in [-0.15, -0.1) is 10.3 Å². The van der Waals surface area contributed by atoms with Crippen molar-refractivity contribution in [2.75, 3.05) is 19.8 Å². The van der Waals surface area contributed by atoms with Crippen molar-refractivity contribution in [3.05, 3.63) is 35.9 Å². The third-order valence-corrected chi connectivity index (χ3v) is 6.53. The molecule has 1 aromatic carbocycles. The average Bonchev–Trinajstić information content (AvgIpc) is 2.68. The minimum atomic E-state index is -0.671. The van der Waals surface area contributed by atoms with Gasteiger partial charge >= 0.3 is 0 Å². The van der Waals surface area contributed by atoms with Crippen LogP contribution in [0.4, 0.5) is 0 Å². The summed E-state index contributed by atoms with van der Waals surface area (Å²) in [5.74, 6) is -0.671. The average molecular weight is 391 g/mol. The molecule has 2 fully saturated rings. The summed E-state index contributed by atoms with van der Waals surface area (Å²) in [6.45, 7) is 12.7. The van der Waals surface area contributed by atoms with Crippen molar-refractivity contribution in [1.82, 2.24) is 5.06 Å². The summed E-state index contributed by atoms with van der Waals surface area (Å²) >= 11 is 0. The Bertz CT molecular complexity index is 633. The third kappa shape index (κ3) is 4.29. The molecule has 2 aliphatic heterocycles. The molecule has 1 radical (unpaired) electrons. The first kappa shape index (κ1) is 21.7. The first-order valence-corrected chi connectivity index (χ1v) is 10.6. The maximum atomic E-state index is 13.0. The predicted molar refractivity (Wildman–Crippen MR) is 108 cm³/mol. The van der Waals surface area contributed by atoms with E-state index in [-0.39, 0.29) is 5.41 Å². The normalized spacial score (nSPS) is 32.5. The summed E-state index contributed by atoms with van der Waals surface area (Å²) in [4.78, 5) is 0. The van der Waals surface area contributed by atoms with E-state index < -0.39 is 16.9 Å². The largest absolute Gasteiger partial charge is 0.376 e. The number of nitrogens with zero attached hydrogens (tertiary/aromatic N) is 1. The number of hydrogen-bond acceptors (Lipinski definition) is 4. The van der Waals surface area contributed by atoms with Crippen LogP contribution in [-0.2, 0) is 26.0 Å². The second kappa shape index (κ2) is 8.04. The van der Waals surface area contributed by atoms with Crippen LogP contribution in [0.2, 0.25) is 0 Å². The van der Waals surface area contributed by atoms with Gasteiger partial charge in [0, 0.05) is 23.8 Å². The van der Waals surface area contributed by atoms with Crippen molar-refractivity contribution in [2.24, 2.45) is 5.41 Å². The lowest BCUT2D eigenvalue weighted by Crippen LogP contribution is -2.68. The minimum Gasteiger partial charge on any atom is -0.376 e. The molecule has 0 atom stereocenters. The fourth-order valence-electron chi connectivity index (χ4n) is 4.77. The van der Waals surface area contributed by atoms with Gasteiger partial charge in [0.2, 0.25) is 0 Å². The van der Waals surface area contributed by atoms with Gasteiger partial charge in [0.05, 0.1) is 32.0 Å². The highest BCUT2D eigenvalue weighted by molar-refractivity contribution is 5.13. The van der Waals surface area contributed by atoms with Gasteiger partial charge in [-0.2, -0.15) is 0 Å². The molecule has 0 aliphatic carbocycles. The van der Waals surface area contributed by atoms with Crippen molar-refractivity contribution in [2.45, 2.75) is 83.8 Å². The van der Waals surface area contributed by atoms with Crippen LogP contribution in [-0.4, -0.2) is 41.7 Å². The molecule has 0 amide bonds. The summed E-state index contributed by atoms with van der Waals surface area (Å²) in [7, 11) is 0. The predicted octanol–water partition coefficient (Wildman–Crippen LogP) is 4.73. The molecule has 2 heterocycles. The molecule has 5 heteroatoms. The topological polar surface area (TPSA) is 50.8 Å². The quantitative estimate of drug-likeness (QED) is 0.704. The number of benzene rings is 1. The van der Waals surface area contributed by atoms with Crippen LogP contribution in [0.1, 0.15) is 65.9 Å². The molecule has 0 bridgehead atoms. The molecule has 0 unspecified atom stereocenters. The Kier molecular flexibility index (Phi) is 6.23.